The summed E-state index contributed by atoms with van der Waals surface area (Å²) in [5.41, 5.74) is -0.158. The van der Waals surface area contributed by atoms with Gasteiger partial charge in [0.15, 0.2) is 0 Å². The van der Waals surface area contributed by atoms with Crippen LogP contribution in [0.1, 0.15) is 11.3 Å². The van der Waals surface area contributed by atoms with Gasteiger partial charge in [0.05, 0.1) is 17.5 Å². The zero-order chi connectivity index (χ0) is 22.9. The highest BCUT2D eigenvalue weighted by molar-refractivity contribution is 6.30. The second kappa shape index (κ2) is 8.51. The first kappa shape index (κ1) is 21.6. The molecule has 0 aliphatic heterocycles. The second-order valence-corrected chi connectivity index (χ2v) is 7.24. The molecule has 0 fully saturated rings. The number of H-pyrrole nitrogens is 1. The third kappa shape index (κ3) is 4.52. The van der Waals surface area contributed by atoms with E-state index in [0.29, 0.717) is 5.02 Å². The number of hydrogen-bond acceptors (Lipinski definition) is 4. The summed E-state index contributed by atoms with van der Waals surface area (Å²) in [7, 11) is 0. The number of pyridine rings is 1. The lowest BCUT2D eigenvalue weighted by molar-refractivity contribution is -0.141. The lowest BCUT2D eigenvalue weighted by Crippen LogP contribution is -2.04. The Morgan fingerprint density at radius 1 is 1.03 bits per heavy atom. The zero-order valence-electron chi connectivity index (χ0n) is 16.1. The Kier molecular flexibility index (Phi) is 5.75. The van der Waals surface area contributed by atoms with E-state index in [0.717, 1.165) is 23.9 Å². The van der Waals surface area contributed by atoms with Gasteiger partial charge in [-0.3, -0.25) is 10.1 Å². The summed E-state index contributed by atoms with van der Waals surface area (Å²) in [5, 5.41) is 17.0. The van der Waals surface area contributed by atoms with Gasteiger partial charge in [-0.15, -0.1) is 0 Å². The van der Waals surface area contributed by atoms with Gasteiger partial charge in [-0.25, -0.2) is 4.39 Å². The van der Waals surface area contributed by atoms with E-state index in [2.05, 4.69) is 10.1 Å². The van der Waals surface area contributed by atoms with Gasteiger partial charge in [0, 0.05) is 22.3 Å². The standard InChI is InChI=1S/C22H14ClF4N3O2/c23-14-3-1-12(2-4-14)11-32-18-6-5-16(17-8-19(30-29-17)22(25,26)27)21(31)20(18)13-7-15(24)10-28-9-13/h1-10,31H,11H2,(H,29,30). The zero-order valence-corrected chi connectivity index (χ0v) is 16.9. The molecule has 0 radical (unpaired) electrons. The third-order valence-electron chi connectivity index (χ3n) is 4.60. The van der Waals surface area contributed by atoms with E-state index in [1.807, 2.05) is 5.10 Å². The number of nitrogens with one attached hydrogen (secondary N) is 1. The van der Waals surface area contributed by atoms with Crippen LogP contribution in [0.15, 0.2) is 60.9 Å². The quantitative estimate of drug-likeness (QED) is 0.344. The molecule has 0 aliphatic carbocycles. The average Bonchev–Trinajstić information content (AvgIpc) is 3.24. The van der Waals surface area contributed by atoms with Crippen LogP contribution in [-0.4, -0.2) is 20.3 Å². The van der Waals surface area contributed by atoms with Crippen molar-refractivity contribution < 1.29 is 27.4 Å². The van der Waals surface area contributed by atoms with E-state index >= 15 is 0 Å². The van der Waals surface area contributed by atoms with E-state index in [1.54, 1.807) is 24.3 Å². The molecule has 2 N–H and O–H groups in total. The fourth-order valence-electron chi connectivity index (χ4n) is 3.07. The summed E-state index contributed by atoms with van der Waals surface area (Å²) in [4.78, 5) is 3.78. The molecule has 32 heavy (non-hydrogen) atoms. The Bertz CT molecular complexity index is 1260. The number of aromatic amines is 1. The van der Waals surface area contributed by atoms with Gasteiger partial charge in [0.1, 0.15) is 29.6 Å². The summed E-state index contributed by atoms with van der Waals surface area (Å²) in [6.45, 7) is 0.103. The van der Waals surface area contributed by atoms with Gasteiger partial charge in [0.25, 0.3) is 0 Å². The topological polar surface area (TPSA) is 71.0 Å². The first-order valence-electron chi connectivity index (χ1n) is 9.19. The molecule has 4 rings (SSSR count). The van der Waals surface area contributed by atoms with E-state index < -0.39 is 23.4 Å². The molecule has 0 bridgehead atoms. The van der Waals surface area contributed by atoms with Gasteiger partial charge in [-0.2, -0.15) is 18.3 Å². The molecule has 0 spiro atoms. The molecule has 0 aliphatic rings. The summed E-state index contributed by atoms with van der Waals surface area (Å²) in [5.74, 6) is -0.901. The number of aromatic nitrogens is 3. The van der Waals surface area contributed by atoms with Gasteiger partial charge < -0.3 is 9.84 Å². The van der Waals surface area contributed by atoms with Gasteiger partial charge in [-0.05, 0) is 42.0 Å². The monoisotopic (exact) mass is 463 g/mol. The maximum absolute atomic E-state index is 13.8. The Morgan fingerprint density at radius 2 is 1.78 bits per heavy atom. The molecule has 0 unspecified atom stereocenters. The predicted octanol–water partition coefficient (Wildman–Crippen LogP) is 6.23. The Hall–Kier alpha value is -3.59. The third-order valence-corrected chi connectivity index (χ3v) is 4.85. The smallest absolute Gasteiger partial charge is 0.432 e. The molecule has 0 saturated carbocycles. The maximum atomic E-state index is 13.8. The van der Waals surface area contributed by atoms with Crippen LogP contribution < -0.4 is 4.74 Å². The highest BCUT2D eigenvalue weighted by Crippen LogP contribution is 2.44. The summed E-state index contributed by atoms with van der Waals surface area (Å²) >= 11 is 5.88. The van der Waals surface area contributed by atoms with Crippen molar-refractivity contribution in [3.63, 3.8) is 0 Å². The Balaban J connectivity index is 1.77. The first-order valence-corrected chi connectivity index (χ1v) is 9.57. The molecular weight excluding hydrogens is 450 g/mol. The highest BCUT2D eigenvalue weighted by atomic mass is 35.5. The molecule has 2 heterocycles. The molecule has 2 aromatic heterocycles. The number of ether oxygens (including phenoxy) is 1. The van der Waals surface area contributed by atoms with Gasteiger partial charge in [-0.1, -0.05) is 23.7 Å². The molecule has 164 valence electrons. The molecule has 0 amide bonds. The Morgan fingerprint density at radius 3 is 2.44 bits per heavy atom. The molecular formula is C22H14ClF4N3O2. The van der Waals surface area contributed by atoms with E-state index in [4.69, 9.17) is 16.3 Å². The lowest BCUT2D eigenvalue weighted by Gasteiger charge is -2.15. The number of hydrogen-bond donors (Lipinski definition) is 2. The fraction of sp³-hybridized carbons (Fsp3) is 0.0909. The number of alkyl halides is 3. The van der Waals surface area contributed by atoms with Crippen molar-refractivity contribution in [2.24, 2.45) is 0 Å². The van der Waals surface area contributed by atoms with Crippen molar-refractivity contribution in [1.29, 1.82) is 0 Å². The van der Waals surface area contributed by atoms with Crippen molar-refractivity contribution in [2.75, 3.05) is 0 Å². The van der Waals surface area contributed by atoms with Gasteiger partial charge >= 0.3 is 6.18 Å². The number of rotatable bonds is 5. The first-order chi connectivity index (χ1) is 15.2. The van der Waals surface area contributed by atoms with Crippen LogP contribution in [0.4, 0.5) is 17.6 Å². The number of benzene rings is 2. The highest BCUT2D eigenvalue weighted by Gasteiger charge is 2.33. The molecule has 4 aromatic rings. The van der Waals surface area contributed by atoms with Crippen LogP contribution in [0.25, 0.3) is 22.4 Å². The normalized spacial score (nSPS) is 11.5. The van der Waals surface area contributed by atoms with Crippen molar-refractivity contribution >= 4 is 11.6 Å². The summed E-state index contributed by atoms with van der Waals surface area (Å²) < 4.78 is 58.5. The van der Waals surface area contributed by atoms with Crippen LogP contribution in [-0.2, 0) is 12.8 Å². The van der Waals surface area contributed by atoms with E-state index in [9.17, 15) is 22.7 Å². The van der Waals surface area contributed by atoms with Crippen LogP contribution in [0, 0.1) is 5.82 Å². The van der Waals surface area contributed by atoms with Gasteiger partial charge in [0.2, 0.25) is 0 Å². The largest absolute Gasteiger partial charge is 0.506 e. The van der Waals surface area contributed by atoms with Crippen molar-refractivity contribution in [2.45, 2.75) is 12.8 Å². The minimum Gasteiger partial charge on any atom is -0.506 e. The Labute approximate surface area is 184 Å². The molecule has 5 nitrogen and oxygen atoms in total. The molecule has 2 aromatic carbocycles. The predicted molar refractivity (Wildman–Crippen MR) is 110 cm³/mol. The fourth-order valence-corrected chi connectivity index (χ4v) is 3.20. The molecule has 0 atom stereocenters. The van der Waals surface area contributed by atoms with Crippen LogP contribution in [0.3, 0.4) is 0 Å². The van der Waals surface area contributed by atoms with Crippen LogP contribution in [0.5, 0.6) is 11.5 Å². The van der Waals surface area contributed by atoms with E-state index in [-0.39, 0.29) is 34.7 Å². The van der Waals surface area contributed by atoms with Crippen molar-refractivity contribution in [3.05, 3.63) is 83.0 Å². The SMILES string of the molecule is Oc1c(-c2cc(C(F)(F)F)[nH]n2)ccc(OCc2ccc(Cl)cc2)c1-c1cncc(F)c1. The molecule has 0 saturated heterocycles. The average molecular weight is 464 g/mol. The minimum absolute atomic E-state index is 0.00912. The number of nitrogens with zero attached hydrogens (tertiary/aromatic N) is 2. The van der Waals surface area contributed by atoms with Crippen molar-refractivity contribution in [1.82, 2.24) is 15.2 Å². The second-order valence-electron chi connectivity index (χ2n) is 6.81. The number of halogens is 5. The minimum atomic E-state index is -4.63. The number of aromatic hydroxyl groups is 1. The summed E-state index contributed by atoms with van der Waals surface area (Å²) in [6, 6.07) is 11.6. The van der Waals surface area contributed by atoms with Crippen molar-refractivity contribution in [3.8, 4) is 33.9 Å². The number of phenolic OH excluding ortho intramolecular Hbond substituents is 1. The summed E-state index contributed by atoms with van der Waals surface area (Å²) in [6.07, 6.45) is -2.33. The number of phenols is 1. The molecule has 10 heteroatoms. The van der Waals surface area contributed by atoms with E-state index in [1.165, 1.54) is 18.3 Å². The van der Waals surface area contributed by atoms with Crippen LogP contribution >= 0.6 is 11.6 Å². The maximum Gasteiger partial charge on any atom is 0.432 e. The lowest BCUT2D eigenvalue weighted by atomic mass is 9.99. The van der Waals surface area contributed by atoms with Crippen LogP contribution in [0.2, 0.25) is 5.02 Å².